The Kier molecular flexibility index (Phi) is 3.26. The number of hydrogen-bond acceptors (Lipinski definition) is 5. The number of nitrogens with zero attached hydrogens (tertiary/aromatic N) is 5. The highest BCUT2D eigenvalue weighted by Gasteiger charge is 2.30. The van der Waals surface area contributed by atoms with E-state index in [0.717, 1.165) is 4.68 Å². The average molecular weight is 311 g/mol. The molecule has 3 rings (SSSR count). The lowest BCUT2D eigenvalue weighted by molar-refractivity contribution is -0.137. The molecule has 9 nitrogen and oxygen atoms in total. The van der Waals surface area contributed by atoms with Crippen LogP contribution < -0.4 is 0 Å². The van der Waals surface area contributed by atoms with Crippen LogP contribution in [0.1, 0.15) is 5.82 Å². The summed E-state index contributed by atoms with van der Waals surface area (Å²) in [7, 11) is -3.69. The lowest BCUT2D eigenvalue weighted by Crippen LogP contribution is -2.38. The van der Waals surface area contributed by atoms with Crippen LogP contribution in [0.4, 0.5) is 0 Å². The van der Waals surface area contributed by atoms with E-state index in [9.17, 15) is 13.2 Å². The fraction of sp³-hybridized carbons (Fsp3) is 0.364. The van der Waals surface area contributed by atoms with Crippen LogP contribution in [0.2, 0.25) is 0 Å². The van der Waals surface area contributed by atoms with Gasteiger partial charge in [0.15, 0.2) is 0 Å². The van der Waals surface area contributed by atoms with Gasteiger partial charge in [0.25, 0.3) is 0 Å². The Morgan fingerprint density at radius 1 is 1.38 bits per heavy atom. The Hall–Kier alpha value is -2.20. The van der Waals surface area contributed by atoms with Crippen molar-refractivity contribution < 1.29 is 18.3 Å². The summed E-state index contributed by atoms with van der Waals surface area (Å²) in [5.41, 5.74) is 0. The molecule has 0 fully saturated rings. The molecule has 1 N–H and O–H groups in total. The molecule has 2 aromatic heterocycles. The quantitative estimate of drug-likeness (QED) is 0.805. The minimum atomic E-state index is -3.69. The van der Waals surface area contributed by atoms with Crippen LogP contribution in [-0.2, 0) is 34.5 Å². The third kappa shape index (κ3) is 2.54. The molecule has 0 saturated heterocycles. The van der Waals surface area contributed by atoms with Crippen LogP contribution >= 0.6 is 0 Å². The first kappa shape index (κ1) is 13.8. The van der Waals surface area contributed by atoms with E-state index in [0.29, 0.717) is 18.9 Å². The molecular formula is C11H13N5O4S. The lowest BCUT2D eigenvalue weighted by Gasteiger charge is -2.26. The molecule has 0 aromatic carbocycles. The summed E-state index contributed by atoms with van der Waals surface area (Å²) >= 11 is 0. The molecule has 0 unspecified atom stereocenters. The van der Waals surface area contributed by atoms with Gasteiger partial charge in [-0.15, -0.1) is 0 Å². The predicted molar refractivity (Wildman–Crippen MR) is 69.7 cm³/mol. The van der Waals surface area contributed by atoms with Gasteiger partial charge in [0.05, 0.1) is 12.7 Å². The van der Waals surface area contributed by atoms with E-state index in [1.165, 1.54) is 16.7 Å². The molecule has 112 valence electrons. The van der Waals surface area contributed by atoms with Crippen molar-refractivity contribution in [3.8, 4) is 0 Å². The van der Waals surface area contributed by atoms with E-state index in [-0.39, 0.29) is 18.0 Å². The molecule has 0 bridgehead atoms. The molecule has 10 heteroatoms. The first-order chi connectivity index (χ1) is 9.96. The molecule has 21 heavy (non-hydrogen) atoms. The predicted octanol–water partition coefficient (Wildman–Crippen LogP) is -0.631. The zero-order chi connectivity index (χ0) is 15.0. The standard InChI is InChI=1S/C11H13N5O4S/c17-11(18)8-15-6-9(5-13-15)21(19,20)16-4-3-14-2-1-12-10(14)7-16/h1-2,5-6H,3-4,7-8H2,(H,17,18). The van der Waals surface area contributed by atoms with Crippen molar-refractivity contribution in [2.75, 3.05) is 6.54 Å². The van der Waals surface area contributed by atoms with Gasteiger partial charge in [-0.3, -0.25) is 9.48 Å². The number of aliphatic carboxylic acids is 1. The molecule has 0 saturated carbocycles. The Morgan fingerprint density at radius 2 is 2.19 bits per heavy atom. The number of imidazole rings is 1. The molecular weight excluding hydrogens is 298 g/mol. The fourth-order valence-electron chi connectivity index (χ4n) is 2.21. The fourth-order valence-corrected chi connectivity index (χ4v) is 3.55. The molecule has 0 atom stereocenters. The summed E-state index contributed by atoms with van der Waals surface area (Å²) in [5.74, 6) is -0.398. The summed E-state index contributed by atoms with van der Waals surface area (Å²) < 4.78 is 29.3. The SMILES string of the molecule is O=C(O)Cn1cc(S(=O)(=O)N2CCn3ccnc3C2)cn1. The number of carboxylic acids is 1. The third-order valence-electron chi connectivity index (χ3n) is 3.25. The van der Waals surface area contributed by atoms with Crippen molar-refractivity contribution in [3.05, 3.63) is 30.6 Å². The van der Waals surface area contributed by atoms with E-state index >= 15 is 0 Å². The number of carbonyl (C=O) groups is 1. The van der Waals surface area contributed by atoms with Crippen LogP contribution in [0.25, 0.3) is 0 Å². The van der Waals surface area contributed by atoms with E-state index < -0.39 is 16.0 Å². The summed E-state index contributed by atoms with van der Waals surface area (Å²) in [6.45, 7) is 0.701. The van der Waals surface area contributed by atoms with Crippen LogP contribution in [0.5, 0.6) is 0 Å². The first-order valence-electron chi connectivity index (χ1n) is 6.21. The van der Waals surface area contributed by atoms with Gasteiger partial charge in [-0.1, -0.05) is 0 Å². The van der Waals surface area contributed by atoms with E-state index in [2.05, 4.69) is 10.1 Å². The highest BCUT2D eigenvalue weighted by atomic mass is 32.2. The number of fused-ring (bicyclic) bond motifs is 1. The number of rotatable bonds is 4. The van der Waals surface area contributed by atoms with Crippen LogP contribution in [0.3, 0.4) is 0 Å². The number of carboxylic acid groups (broad SMARTS) is 1. The Balaban J connectivity index is 1.84. The highest BCUT2D eigenvalue weighted by Crippen LogP contribution is 2.20. The van der Waals surface area contributed by atoms with Crippen LogP contribution in [0, 0.1) is 0 Å². The number of aromatic nitrogens is 4. The van der Waals surface area contributed by atoms with Crippen molar-refractivity contribution >= 4 is 16.0 Å². The Morgan fingerprint density at radius 3 is 2.95 bits per heavy atom. The minimum absolute atomic E-state index is 0.0104. The first-order valence-corrected chi connectivity index (χ1v) is 7.65. The largest absolute Gasteiger partial charge is 0.480 e. The van der Waals surface area contributed by atoms with Crippen molar-refractivity contribution in [1.82, 2.24) is 23.6 Å². The van der Waals surface area contributed by atoms with Gasteiger partial charge >= 0.3 is 5.97 Å². The molecule has 1 aliphatic rings. The maximum absolute atomic E-state index is 12.5. The monoisotopic (exact) mass is 311 g/mol. The van der Waals surface area contributed by atoms with Gasteiger partial charge in [0.1, 0.15) is 17.3 Å². The van der Waals surface area contributed by atoms with E-state index in [4.69, 9.17) is 5.11 Å². The maximum atomic E-state index is 12.5. The average Bonchev–Trinajstić information content (AvgIpc) is 3.05. The summed E-state index contributed by atoms with van der Waals surface area (Å²) in [5, 5.41) is 12.4. The smallest absolute Gasteiger partial charge is 0.325 e. The number of sulfonamides is 1. The van der Waals surface area contributed by atoms with Crippen LogP contribution in [-0.4, -0.2) is 49.7 Å². The summed E-state index contributed by atoms with van der Waals surface area (Å²) in [6, 6.07) is 0. The van der Waals surface area contributed by atoms with Gasteiger partial charge < -0.3 is 9.67 Å². The van der Waals surface area contributed by atoms with Crippen molar-refractivity contribution in [1.29, 1.82) is 0 Å². The van der Waals surface area contributed by atoms with Crippen molar-refractivity contribution in [3.63, 3.8) is 0 Å². The second kappa shape index (κ2) is 4.97. The van der Waals surface area contributed by atoms with Gasteiger partial charge in [-0.2, -0.15) is 9.40 Å². The summed E-state index contributed by atoms with van der Waals surface area (Å²) in [6.07, 6.45) is 5.84. The molecule has 3 heterocycles. The lowest BCUT2D eigenvalue weighted by atomic mass is 10.4. The molecule has 1 aliphatic heterocycles. The third-order valence-corrected chi connectivity index (χ3v) is 5.05. The zero-order valence-electron chi connectivity index (χ0n) is 11.0. The highest BCUT2D eigenvalue weighted by molar-refractivity contribution is 7.89. The Labute approximate surface area is 120 Å². The topological polar surface area (TPSA) is 110 Å². The zero-order valence-corrected chi connectivity index (χ0v) is 11.8. The summed E-state index contributed by atoms with van der Waals surface area (Å²) in [4.78, 5) is 14.7. The van der Waals surface area contributed by atoms with Gasteiger partial charge in [-0.25, -0.2) is 13.4 Å². The van der Waals surface area contributed by atoms with E-state index in [1.54, 1.807) is 6.20 Å². The molecule has 0 spiro atoms. The number of hydrogen-bond donors (Lipinski definition) is 1. The van der Waals surface area contributed by atoms with Gasteiger partial charge in [0, 0.05) is 31.7 Å². The second-order valence-electron chi connectivity index (χ2n) is 4.64. The molecule has 0 radical (unpaired) electrons. The van der Waals surface area contributed by atoms with Gasteiger partial charge in [-0.05, 0) is 0 Å². The van der Waals surface area contributed by atoms with Crippen molar-refractivity contribution in [2.45, 2.75) is 24.5 Å². The molecule has 0 amide bonds. The molecule has 2 aromatic rings. The minimum Gasteiger partial charge on any atom is -0.480 e. The molecule has 0 aliphatic carbocycles. The van der Waals surface area contributed by atoms with E-state index in [1.807, 2.05) is 10.8 Å². The maximum Gasteiger partial charge on any atom is 0.325 e. The second-order valence-corrected chi connectivity index (χ2v) is 6.58. The van der Waals surface area contributed by atoms with Gasteiger partial charge in [0.2, 0.25) is 10.0 Å². The normalized spacial score (nSPS) is 15.8. The van der Waals surface area contributed by atoms with Crippen molar-refractivity contribution in [2.24, 2.45) is 0 Å². The Bertz CT molecular complexity index is 778. The van der Waals surface area contributed by atoms with Crippen LogP contribution in [0.15, 0.2) is 29.7 Å².